The van der Waals surface area contributed by atoms with Gasteiger partial charge in [0.15, 0.2) is 0 Å². The monoisotopic (exact) mass is 353 g/mol. The smallest absolute Gasteiger partial charge is 0.240 e. The van der Waals surface area contributed by atoms with E-state index >= 15 is 0 Å². The maximum Gasteiger partial charge on any atom is 0.240 e. The lowest BCUT2D eigenvalue weighted by Gasteiger charge is -2.25. The fraction of sp³-hybridized carbons (Fsp3) is 0.300. The molecule has 1 aliphatic rings. The van der Waals surface area contributed by atoms with Crippen molar-refractivity contribution in [2.75, 3.05) is 5.32 Å². The molecule has 2 aromatic rings. The third-order valence-corrected chi connectivity index (χ3v) is 4.80. The Morgan fingerprint density at radius 2 is 1.96 bits per heavy atom. The first-order chi connectivity index (χ1) is 12.4. The van der Waals surface area contributed by atoms with Crippen LogP contribution in [0.1, 0.15) is 42.0 Å². The maximum atomic E-state index is 11.8. The first kappa shape index (κ1) is 17.8. The van der Waals surface area contributed by atoms with Crippen LogP contribution in [0.5, 0.6) is 5.75 Å². The van der Waals surface area contributed by atoms with E-state index < -0.39 is 11.9 Å². The number of hydrogen-bond donors (Lipinski definition) is 4. The van der Waals surface area contributed by atoms with Gasteiger partial charge in [0.1, 0.15) is 11.8 Å². The molecular weight excluding hydrogens is 330 g/mol. The van der Waals surface area contributed by atoms with Crippen molar-refractivity contribution in [3.63, 3.8) is 0 Å². The number of carbonyl (C=O) groups excluding carboxylic acids is 2. The van der Waals surface area contributed by atoms with Crippen LogP contribution in [0.2, 0.25) is 0 Å². The van der Waals surface area contributed by atoms with Crippen molar-refractivity contribution in [1.29, 1.82) is 0 Å². The number of phenols is 1. The molecule has 0 bridgehead atoms. The summed E-state index contributed by atoms with van der Waals surface area (Å²) >= 11 is 0. The van der Waals surface area contributed by atoms with Crippen LogP contribution >= 0.6 is 0 Å². The molecule has 1 heterocycles. The Morgan fingerprint density at radius 1 is 1.23 bits per heavy atom. The Hall–Kier alpha value is -3.02. The fourth-order valence-electron chi connectivity index (χ4n) is 3.63. The zero-order valence-electron chi connectivity index (χ0n) is 14.8. The number of anilines is 1. The summed E-state index contributed by atoms with van der Waals surface area (Å²) in [7, 11) is 0. The van der Waals surface area contributed by atoms with E-state index in [1.807, 2.05) is 43.3 Å². The Morgan fingerprint density at radius 3 is 2.65 bits per heavy atom. The minimum Gasteiger partial charge on any atom is -0.508 e. The number of nitrogens with one attached hydrogen (secondary N) is 2. The van der Waals surface area contributed by atoms with E-state index in [-0.39, 0.29) is 23.6 Å². The molecule has 2 aromatic carbocycles. The Balaban J connectivity index is 2.00. The second-order valence-electron chi connectivity index (χ2n) is 6.77. The van der Waals surface area contributed by atoms with Crippen LogP contribution in [0.25, 0.3) is 0 Å². The number of phenolic OH excluding ortho intramolecular Hbond substituents is 1. The van der Waals surface area contributed by atoms with Gasteiger partial charge in [-0.15, -0.1) is 0 Å². The summed E-state index contributed by atoms with van der Waals surface area (Å²) in [5, 5.41) is 16.5. The van der Waals surface area contributed by atoms with Gasteiger partial charge in [0.05, 0.1) is 6.04 Å². The van der Waals surface area contributed by atoms with Crippen LogP contribution in [-0.4, -0.2) is 23.0 Å². The van der Waals surface area contributed by atoms with Gasteiger partial charge < -0.3 is 21.5 Å². The summed E-state index contributed by atoms with van der Waals surface area (Å²) in [6.07, 6.45) is 0.344. The van der Waals surface area contributed by atoms with E-state index in [9.17, 15) is 14.7 Å². The van der Waals surface area contributed by atoms with E-state index in [4.69, 9.17) is 5.73 Å². The minimum absolute atomic E-state index is 0.122. The lowest BCUT2D eigenvalue weighted by Crippen LogP contribution is -2.44. The Kier molecular flexibility index (Phi) is 4.84. The number of primary amides is 1. The second kappa shape index (κ2) is 7.07. The highest BCUT2D eigenvalue weighted by atomic mass is 16.3. The number of fused-ring (bicyclic) bond motifs is 1. The summed E-state index contributed by atoms with van der Waals surface area (Å²) in [5.41, 5.74) is 9.28. The number of nitrogens with two attached hydrogens (primary N) is 1. The SMILES string of the molecule is CC(=O)NC(CC1c2ccccc2NC1c1cc(C)ccc1O)C(N)=O. The van der Waals surface area contributed by atoms with Crippen LogP contribution in [-0.2, 0) is 9.59 Å². The van der Waals surface area contributed by atoms with Gasteiger partial charge in [0.25, 0.3) is 0 Å². The summed E-state index contributed by atoms with van der Waals surface area (Å²) in [5.74, 6) is -0.802. The molecule has 0 aliphatic carbocycles. The Labute approximate surface area is 152 Å². The van der Waals surface area contributed by atoms with Crippen molar-refractivity contribution in [2.24, 2.45) is 5.73 Å². The van der Waals surface area contributed by atoms with Gasteiger partial charge in [-0.1, -0.05) is 35.9 Å². The van der Waals surface area contributed by atoms with Gasteiger partial charge in [0.2, 0.25) is 11.8 Å². The average Bonchev–Trinajstić information content (AvgIpc) is 2.94. The molecule has 0 spiro atoms. The molecule has 3 rings (SSSR count). The van der Waals surface area contributed by atoms with Crippen molar-refractivity contribution >= 4 is 17.5 Å². The molecule has 6 nitrogen and oxygen atoms in total. The van der Waals surface area contributed by atoms with Crippen LogP contribution in [0.15, 0.2) is 42.5 Å². The maximum absolute atomic E-state index is 11.8. The highest BCUT2D eigenvalue weighted by Crippen LogP contribution is 2.48. The molecule has 2 amide bonds. The van der Waals surface area contributed by atoms with Crippen LogP contribution < -0.4 is 16.4 Å². The normalized spacial score (nSPS) is 19.3. The van der Waals surface area contributed by atoms with Crippen molar-refractivity contribution < 1.29 is 14.7 Å². The molecule has 3 atom stereocenters. The second-order valence-corrected chi connectivity index (χ2v) is 6.77. The highest BCUT2D eigenvalue weighted by Gasteiger charge is 2.37. The fourth-order valence-corrected chi connectivity index (χ4v) is 3.63. The molecule has 0 saturated heterocycles. The first-order valence-corrected chi connectivity index (χ1v) is 8.58. The van der Waals surface area contributed by atoms with E-state index in [2.05, 4.69) is 10.6 Å². The number of rotatable bonds is 5. The van der Waals surface area contributed by atoms with Gasteiger partial charge in [-0.25, -0.2) is 0 Å². The number of aryl methyl sites for hydroxylation is 1. The molecule has 0 radical (unpaired) electrons. The van der Waals surface area contributed by atoms with Crippen LogP contribution in [0, 0.1) is 6.92 Å². The largest absolute Gasteiger partial charge is 0.508 e. The zero-order chi connectivity index (χ0) is 18.8. The van der Waals surface area contributed by atoms with E-state index in [0.29, 0.717) is 6.42 Å². The zero-order valence-corrected chi connectivity index (χ0v) is 14.8. The van der Waals surface area contributed by atoms with E-state index in [1.165, 1.54) is 6.92 Å². The molecule has 1 aliphatic heterocycles. The summed E-state index contributed by atoms with van der Waals surface area (Å²) in [6.45, 7) is 3.32. The molecule has 0 aromatic heterocycles. The molecule has 26 heavy (non-hydrogen) atoms. The van der Waals surface area contributed by atoms with Gasteiger partial charge in [-0.3, -0.25) is 9.59 Å². The summed E-state index contributed by atoms with van der Waals surface area (Å²) < 4.78 is 0. The molecule has 0 fully saturated rings. The third kappa shape index (κ3) is 3.49. The first-order valence-electron chi connectivity index (χ1n) is 8.58. The minimum atomic E-state index is -0.778. The van der Waals surface area contributed by atoms with Crippen molar-refractivity contribution in [2.45, 2.75) is 38.3 Å². The predicted octanol–water partition coefficient (Wildman–Crippen LogP) is 2.33. The number of amides is 2. The average molecular weight is 353 g/mol. The van der Waals surface area contributed by atoms with Gasteiger partial charge in [0, 0.05) is 24.1 Å². The quantitative estimate of drug-likeness (QED) is 0.662. The molecular formula is C20H23N3O3. The molecule has 0 saturated carbocycles. The number of benzene rings is 2. The van der Waals surface area contributed by atoms with E-state index in [0.717, 1.165) is 22.4 Å². The predicted molar refractivity (Wildman–Crippen MR) is 99.8 cm³/mol. The Bertz CT molecular complexity index is 850. The topological polar surface area (TPSA) is 104 Å². The molecule has 6 heteroatoms. The lowest BCUT2D eigenvalue weighted by atomic mass is 9.84. The number of aromatic hydroxyl groups is 1. The van der Waals surface area contributed by atoms with Crippen molar-refractivity contribution in [3.05, 3.63) is 59.2 Å². The van der Waals surface area contributed by atoms with Gasteiger partial charge in [-0.2, -0.15) is 0 Å². The third-order valence-electron chi connectivity index (χ3n) is 4.80. The standard InChI is InChI=1S/C20H23N3O3/c1-11-7-8-18(25)15(9-11)19-14(10-17(20(21)26)22-12(2)24)13-5-3-4-6-16(13)23-19/h3-9,14,17,19,23,25H,10H2,1-2H3,(H2,21,26)(H,22,24). The van der Waals surface area contributed by atoms with Crippen molar-refractivity contribution in [3.8, 4) is 5.75 Å². The van der Waals surface area contributed by atoms with E-state index in [1.54, 1.807) is 6.07 Å². The van der Waals surface area contributed by atoms with Crippen LogP contribution in [0.3, 0.4) is 0 Å². The lowest BCUT2D eigenvalue weighted by molar-refractivity contribution is -0.126. The number of hydrogen-bond acceptors (Lipinski definition) is 4. The van der Waals surface area contributed by atoms with Crippen molar-refractivity contribution in [1.82, 2.24) is 5.32 Å². The van der Waals surface area contributed by atoms with Gasteiger partial charge >= 0.3 is 0 Å². The highest BCUT2D eigenvalue weighted by molar-refractivity contribution is 5.85. The van der Waals surface area contributed by atoms with Gasteiger partial charge in [-0.05, 0) is 31.0 Å². The summed E-state index contributed by atoms with van der Waals surface area (Å²) in [4.78, 5) is 23.3. The van der Waals surface area contributed by atoms with Crippen LogP contribution in [0.4, 0.5) is 5.69 Å². The number of carbonyl (C=O) groups is 2. The molecule has 3 unspecified atom stereocenters. The molecule has 5 N–H and O–H groups in total. The number of para-hydroxylation sites is 1. The molecule has 136 valence electrons. The summed E-state index contributed by atoms with van der Waals surface area (Å²) in [6, 6.07) is 12.3.